The van der Waals surface area contributed by atoms with Crippen molar-refractivity contribution in [3.63, 3.8) is 0 Å². The van der Waals surface area contributed by atoms with Crippen molar-refractivity contribution in [1.82, 2.24) is 5.32 Å². The topological polar surface area (TPSA) is 122 Å². The van der Waals surface area contributed by atoms with Crippen LogP contribution in [0.25, 0.3) is 6.08 Å². The van der Waals surface area contributed by atoms with E-state index in [-0.39, 0.29) is 22.1 Å². The Kier molecular flexibility index (Phi) is 7.60. The Morgan fingerprint density at radius 1 is 1.17 bits per heavy atom. The molecule has 0 aromatic heterocycles. The van der Waals surface area contributed by atoms with Gasteiger partial charge in [0.2, 0.25) is 11.8 Å². The molecule has 0 saturated carbocycles. The van der Waals surface area contributed by atoms with E-state index < -0.39 is 27.7 Å². The molecule has 0 saturated heterocycles. The SMILES string of the molecule is CCS(=O)(=O)c1ccc(O)c(NC(=O)C(C)NC(=O)/C=C/c2ccc(OC)cc2)c1. The maximum Gasteiger partial charge on any atom is 0.246 e. The van der Waals surface area contributed by atoms with Gasteiger partial charge in [0.15, 0.2) is 9.84 Å². The molecule has 3 N–H and O–H groups in total. The summed E-state index contributed by atoms with van der Waals surface area (Å²) in [6.45, 7) is 2.97. The average molecular weight is 432 g/mol. The predicted octanol–water partition coefficient (Wildman–Crippen LogP) is 2.35. The largest absolute Gasteiger partial charge is 0.506 e. The number of carbonyl (C=O) groups excluding carboxylic acids is 2. The Morgan fingerprint density at radius 2 is 1.83 bits per heavy atom. The molecule has 0 aliphatic heterocycles. The molecule has 1 atom stereocenters. The van der Waals surface area contributed by atoms with Crippen LogP contribution in [0.2, 0.25) is 0 Å². The molecule has 0 aliphatic rings. The van der Waals surface area contributed by atoms with Crippen LogP contribution in [0.1, 0.15) is 19.4 Å². The van der Waals surface area contributed by atoms with Gasteiger partial charge >= 0.3 is 0 Å². The van der Waals surface area contributed by atoms with Gasteiger partial charge in [-0.3, -0.25) is 9.59 Å². The zero-order valence-electron chi connectivity index (χ0n) is 16.9. The second-order valence-corrected chi connectivity index (χ2v) is 8.69. The number of anilines is 1. The van der Waals surface area contributed by atoms with Gasteiger partial charge in [-0.1, -0.05) is 19.1 Å². The third-order valence-electron chi connectivity index (χ3n) is 4.26. The van der Waals surface area contributed by atoms with Gasteiger partial charge in [-0.05, 0) is 48.9 Å². The lowest BCUT2D eigenvalue weighted by molar-refractivity contribution is -0.123. The lowest BCUT2D eigenvalue weighted by Gasteiger charge is -2.14. The molecule has 9 heteroatoms. The van der Waals surface area contributed by atoms with Crippen LogP contribution >= 0.6 is 0 Å². The minimum Gasteiger partial charge on any atom is -0.506 e. The van der Waals surface area contributed by atoms with E-state index in [0.717, 1.165) is 5.56 Å². The van der Waals surface area contributed by atoms with E-state index >= 15 is 0 Å². The number of rotatable bonds is 8. The first-order valence-corrected chi connectivity index (χ1v) is 10.8. The van der Waals surface area contributed by atoms with E-state index in [2.05, 4.69) is 10.6 Å². The second kappa shape index (κ2) is 9.93. The zero-order chi connectivity index (χ0) is 22.3. The number of aromatic hydroxyl groups is 1. The summed E-state index contributed by atoms with van der Waals surface area (Å²) >= 11 is 0. The summed E-state index contributed by atoms with van der Waals surface area (Å²) in [4.78, 5) is 24.4. The lowest BCUT2D eigenvalue weighted by atomic mass is 10.2. The quantitative estimate of drug-likeness (QED) is 0.435. The number of nitrogens with one attached hydrogen (secondary N) is 2. The van der Waals surface area contributed by atoms with Gasteiger partial charge < -0.3 is 20.5 Å². The summed E-state index contributed by atoms with van der Waals surface area (Å²) in [5.74, 6) is -0.794. The van der Waals surface area contributed by atoms with Crippen molar-refractivity contribution in [2.75, 3.05) is 18.2 Å². The van der Waals surface area contributed by atoms with Crippen LogP contribution in [0.4, 0.5) is 5.69 Å². The van der Waals surface area contributed by atoms with Crippen molar-refractivity contribution in [2.45, 2.75) is 24.8 Å². The van der Waals surface area contributed by atoms with E-state index in [0.29, 0.717) is 5.75 Å². The number of methoxy groups -OCH3 is 1. The molecule has 0 radical (unpaired) electrons. The maximum atomic E-state index is 12.4. The number of phenolic OH excluding ortho intramolecular Hbond substituents is 1. The van der Waals surface area contributed by atoms with Crippen molar-refractivity contribution in [3.05, 3.63) is 54.1 Å². The fourth-order valence-electron chi connectivity index (χ4n) is 2.43. The van der Waals surface area contributed by atoms with Gasteiger partial charge in [-0.15, -0.1) is 0 Å². The molecule has 160 valence electrons. The molecular weight excluding hydrogens is 408 g/mol. The van der Waals surface area contributed by atoms with Crippen molar-refractivity contribution in [3.8, 4) is 11.5 Å². The molecule has 1 unspecified atom stereocenters. The van der Waals surface area contributed by atoms with Crippen molar-refractivity contribution in [2.24, 2.45) is 0 Å². The summed E-state index contributed by atoms with van der Waals surface area (Å²) in [5.41, 5.74) is 0.728. The molecule has 2 amide bonds. The Morgan fingerprint density at radius 3 is 2.43 bits per heavy atom. The van der Waals surface area contributed by atoms with E-state index in [1.54, 1.807) is 37.5 Å². The van der Waals surface area contributed by atoms with Crippen LogP contribution in [0, 0.1) is 0 Å². The smallest absolute Gasteiger partial charge is 0.246 e. The van der Waals surface area contributed by atoms with Crippen LogP contribution < -0.4 is 15.4 Å². The molecule has 0 fully saturated rings. The van der Waals surface area contributed by atoms with Gasteiger partial charge in [0.1, 0.15) is 17.5 Å². The van der Waals surface area contributed by atoms with Crippen LogP contribution in [0.15, 0.2) is 53.4 Å². The third kappa shape index (κ3) is 6.08. The Labute approximate surface area is 175 Å². The van der Waals surface area contributed by atoms with Crippen LogP contribution in [0.5, 0.6) is 11.5 Å². The Bertz CT molecular complexity index is 1050. The minimum atomic E-state index is -3.50. The van der Waals surface area contributed by atoms with Crippen LogP contribution in [-0.2, 0) is 19.4 Å². The number of phenols is 1. The Balaban J connectivity index is 2.01. The first-order chi connectivity index (χ1) is 14.2. The normalized spacial score (nSPS) is 12.4. The monoisotopic (exact) mass is 432 g/mol. The number of ether oxygens (including phenoxy) is 1. The van der Waals surface area contributed by atoms with Crippen molar-refractivity contribution < 1.29 is 27.9 Å². The fraction of sp³-hybridized carbons (Fsp3) is 0.238. The molecule has 0 heterocycles. The molecular formula is C21H24N2O6S. The summed E-state index contributed by atoms with van der Waals surface area (Å²) in [6.07, 6.45) is 2.88. The zero-order valence-corrected chi connectivity index (χ0v) is 17.7. The highest BCUT2D eigenvalue weighted by molar-refractivity contribution is 7.91. The highest BCUT2D eigenvalue weighted by atomic mass is 32.2. The number of benzene rings is 2. The Hall–Kier alpha value is -3.33. The molecule has 0 bridgehead atoms. The predicted molar refractivity (Wildman–Crippen MR) is 114 cm³/mol. The van der Waals surface area contributed by atoms with E-state index in [1.165, 1.54) is 38.1 Å². The fourth-order valence-corrected chi connectivity index (χ4v) is 3.34. The summed E-state index contributed by atoms with van der Waals surface area (Å²) in [7, 11) is -1.94. The first-order valence-electron chi connectivity index (χ1n) is 9.15. The summed E-state index contributed by atoms with van der Waals surface area (Å²) < 4.78 is 29.0. The highest BCUT2D eigenvalue weighted by Gasteiger charge is 2.18. The van der Waals surface area contributed by atoms with E-state index in [1.807, 2.05) is 0 Å². The van der Waals surface area contributed by atoms with Crippen molar-refractivity contribution in [1.29, 1.82) is 0 Å². The number of sulfone groups is 1. The molecule has 0 aliphatic carbocycles. The van der Waals surface area contributed by atoms with Gasteiger partial charge in [-0.2, -0.15) is 0 Å². The number of carbonyl (C=O) groups is 2. The standard InChI is InChI=1S/C21H24N2O6S/c1-4-30(27,28)17-10-11-19(24)18(13-17)23-21(26)14(2)22-20(25)12-7-15-5-8-16(29-3)9-6-15/h5-14,24H,4H2,1-3H3,(H,22,25)(H,23,26)/b12-7+. The minimum absolute atomic E-state index is 0.0165. The van der Waals surface area contributed by atoms with Gasteiger partial charge in [0, 0.05) is 6.08 Å². The van der Waals surface area contributed by atoms with E-state index in [9.17, 15) is 23.1 Å². The molecule has 2 aromatic rings. The maximum absolute atomic E-state index is 12.4. The molecule has 0 spiro atoms. The second-order valence-electron chi connectivity index (χ2n) is 6.41. The number of hydrogen-bond acceptors (Lipinski definition) is 6. The lowest BCUT2D eigenvalue weighted by Crippen LogP contribution is -2.40. The first kappa shape index (κ1) is 23.0. The van der Waals surface area contributed by atoms with Gasteiger partial charge in [0.05, 0.1) is 23.4 Å². The van der Waals surface area contributed by atoms with Gasteiger partial charge in [-0.25, -0.2) is 8.42 Å². The molecule has 2 aromatic carbocycles. The van der Waals surface area contributed by atoms with Gasteiger partial charge in [0.25, 0.3) is 0 Å². The van der Waals surface area contributed by atoms with Crippen LogP contribution in [-0.4, -0.2) is 44.2 Å². The highest BCUT2D eigenvalue weighted by Crippen LogP contribution is 2.27. The third-order valence-corrected chi connectivity index (χ3v) is 5.99. The molecule has 8 nitrogen and oxygen atoms in total. The number of hydrogen-bond donors (Lipinski definition) is 3. The van der Waals surface area contributed by atoms with E-state index in [4.69, 9.17) is 4.74 Å². The average Bonchev–Trinajstić information content (AvgIpc) is 2.73. The van der Waals surface area contributed by atoms with Crippen LogP contribution in [0.3, 0.4) is 0 Å². The molecule has 30 heavy (non-hydrogen) atoms. The van der Waals surface area contributed by atoms with Crippen molar-refractivity contribution >= 4 is 33.4 Å². The molecule has 2 rings (SSSR count). The summed E-state index contributed by atoms with van der Waals surface area (Å²) in [6, 6.07) is 9.78. The number of amides is 2. The summed E-state index contributed by atoms with van der Waals surface area (Å²) in [5, 5.41) is 14.9.